The van der Waals surface area contributed by atoms with Crippen molar-refractivity contribution in [2.45, 2.75) is 32.6 Å². The lowest BCUT2D eigenvalue weighted by Crippen LogP contribution is -2.40. The summed E-state index contributed by atoms with van der Waals surface area (Å²) >= 11 is 3.51. The summed E-state index contributed by atoms with van der Waals surface area (Å²) in [6.45, 7) is 7.26. The molecule has 4 aromatic rings. The molecular formula is C29H29BrN4O3S. The zero-order chi connectivity index (χ0) is 27.4. The summed E-state index contributed by atoms with van der Waals surface area (Å²) < 4.78 is 31.4. The van der Waals surface area contributed by atoms with E-state index in [1.807, 2.05) is 70.2 Å². The van der Waals surface area contributed by atoms with Crippen molar-refractivity contribution in [3.63, 3.8) is 0 Å². The lowest BCUT2D eigenvalue weighted by molar-refractivity contribution is -0.119. The first-order chi connectivity index (χ1) is 18.1. The van der Waals surface area contributed by atoms with E-state index < -0.39 is 22.5 Å². The summed E-state index contributed by atoms with van der Waals surface area (Å²) in [5.74, 6) is -0.553. The van der Waals surface area contributed by atoms with E-state index in [2.05, 4.69) is 31.0 Å². The number of halogens is 1. The molecule has 3 aromatic carbocycles. The third-order valence-electron chi connectivity index (χ3n) is 6.18. The van der Waals surface area contributed by atoms with Crippen molar-refractivity contribution in [1.82, 2.24) is 9.99 Å². The number of anilines is 1. The highest BCUT2D eigenvalue weighted by molar-refractivity contribution is 9.10. The standard InChI is InChI=1S/C29H29BrN4O3S/c1-20-13-14-21(2)28(15-20)33(38(36,37)27-11-6-5-7-12-27)19-29(35)32-31-18-24-16-22(3)34(23(24)4)26-10-8-9-25(30)17-26/h5-18H,19H2,1-4H3,(H,32,35)/b31-18+. The molecule has 0 unspecified atom stereocenters. The van der Waals surface area contributed by atoms with Crippen LogP contribution in [-0.2, 0) is 14.8 Å². The second kappa shape index (κ2) is 11.4. The van der Waals surface area contributed by atoms with Gasteiger partial charge in [0, 0.05) is 27.1 Å². The Labute approximate surface area is 232 Å². The highest BCUT2D eigenvalue weighted by Gasteiger charge is 2.28. The SMILES string of the molecule is Cc1ccc(C)c(N(CC(=O)N/N=C/c2cc(C)n(-c3cccc(Br)c3)c2C)S(=O)(=O)c2ccccc2)c1. The maximum atomic E-state index is 13.6. The number of nitrogens with one attached hydrogen (secondary N) is 1. The third kappa shape index (κ3) is 5.89. The van der Waals surface area contributed by atoms with Crippen molar-refractivity contribution in [2.75, 3.05) is 10.8 Å². The molecule has 0 saturated carbocycles. The molecular weight excluding hydrogens is 564 g/mol. The lowest BCUT2D eigenvalue weighted by Gasteiger charge is -2.25. The van der Waals surface area contributed by atoms with Gasteiger partial charge in [-0.1, -0.05) is 52.3 Å². The quantitative estimate of drug-likeness (QED) is 0.207. The molecule has 4 rings (SSSR count). The fraction of sp³-hybridized carbons (Fsp3) is 0.172. The first-order valence-corrected chi connectivity index (χ1v) is 14.2. The van der Waals surface area contributed by atoms with E-state index in [4.69, 9.17) is 0 Å². The largest absolute Gasteiger partial charge is 0.318 e. The van der Waals surface area contributed by atoms with Gasteiger partial charge in [0.15, 0.2) is 0 Å². The van der Waals surface area contributed by atoms with Crippen LogP contribution in [0.15, 0.2) is 93.3 Å². The molecule has 38 heavy (non-hydrogen) atoms. The molecule has 0 saturated heterocycles. The minimum atomic E-state index is -4.00. The topological polar surface area (TPSA) is 83.8 Å². The van der Waals surface area contributed by atoms with Crippen molar-refractivity contribution >= 4 is 43.8 Å². The number of sulfonamides is 1. The van der Waals surface area contributed by atoms with Crippen LogP contribution in [-0.4, -0.2) is 31.7 Å². The van der Waals surface area contributed by atoms with Crippen LogP contribution in [0, 0.1) is 27.7 Å². The average Bonchev–Trinajstić information content (AvgIpc) is 3.17. The van der Waals surface area contributed by atoms with Crippen molar-refractivity contribution in [1.29, 1.82) is 0 Å². The number of carbonyl (C=O) groups is 1. The summed E-state index contributed by atoms with van der Waals surface area (Å²) in [5.41, 5.74) is 8.40. The highest BCUT2D eigenvalue weighted by atomic mass is 79.9. The second-order valence-electron chi connectivity index (χ2n) is 9.05. The number of benzene rings is 3. The van der Waals surface area contributed by atoms with Crippen LogP contribution >= 0.6 is 15.9 Å². The van der Waals surface area contributed by atoms with Gasteiger partial charge in [-0.15, -0.1) is 0 Å². The molecule has 9 heteroatoms. The molecule has 0 aliphatic carbocycles. The molecule has 0 aliphatic heterocycles. The van der Waals surface area contributed by atoms with Gasteiger partial charge in [-0.3, -0.25) is 9.10 Å². The van der Waals surface area contributed by atoms with Crippen molar-refractivity contribution < 1.29 is 13.2 Å². The summed E-state index contributed by atoms with van der Waals surface area (Å²) in [6, 6.07) is 23.6. The second-order valence-corrected chi connectivity index (χ2v) is 11.8. The first-order valence-electron chi connectivity index (χ1n) is 12.0. The predicted molar refractivity (Wildman–Crippen MR) is 156 cm³/mol. The average molecular weight is 594 g/mol. The van der Waals surface area contributed by atoms with Crippen molar-refractivity contribution in [3.8, 4) is 5.69 Å². The van der Waals surface area contributed by atoms with E-state index in [0.29, 0.717) is 5.69 Å². The number of hydrazone groups is 1. The van der Waals surface area contributed by atoms with Crippen LogP contribution in [0.4, 0.5) is 5.69 Å². The summed E-state index contributed by atoms with van der Waals surface area (Å²) in [5, 5.41) is 4.14. The zero-order valence-electron chi connectivity index (χ0n) is 21.6. The molecule has 196 valence electrons. The fourth-order valence-corrected chi connectivity index (χ4v) is 6.16. The Hall–Kier alpha value is -3.69. The van der Waals surface area contributed by atoms with Crippen LogP contribution < -0.4 is 9.73 Å². The van der Waals surface area contributed by atoms with Crippen molar-refractivity contribution in [3.05, 3.63) is 111 Å². The number of nitrogens with zero attached hydrogens (tertiary/aromatic N) is 3. The molecule has 0 spiro atoms. The molecule has 1 heterocycles. The maximum absolute atomic E-state index is 13.6. The van der Waals surface area contributed by atoms with Gasteiger partial charge < -0.3 is 4.57 Å². The molecule has 0 fully saturated rings. The van der Waals surface area contributed by atoms with Gasteiger partial charge in [0.1, 0.15) is 6.54 Å². The fourth-order valence-electron chi connectivity index (χ4n) is 4.28. The van der Waals surface area contributed by atoms with Gasteiger partial charge >= 0.3 is 0 Å². The van der Waals surface area contributed by atoms with E-state index in [9.17, 15) is 13.2 Å². The Morgan fingerprint density at radius 3 is 2.42 bits per heavy atom. The maximum Gasteiger partial charge on any atom is 0.264 e. The Morgan fingerprint density at radius 1 is 0.974 bits per heavy atom. The first kappa shape index (κ1) is 27.3. The molecule has 0 bridgehead atoms. The Kier molecular flexibility index (Phi) is 8.18. The van der Waals surface area contributed by atoms with E-state index in [0.717, 1.165) is 42.5 Å². The summed E-state index contributed by atoms with van der Waals surface area (Å²) in [7, 11) is -4.00. The molecule has 1 N–H and O–H groups in total. The van der Waals surface area contributed by atoms with Crippen LogP contribution in [0.2, 0.25) is 0 Å². The molecule has 1 aromatic heterocycles. The summed E-state index contributed by atoms with van der Waals surface area (Å²) in [4.78, 5) is 13.1. The zero-order valence-corrected chi connectivity index (χ0v) is 24.0. The number of hydrogen-bond donors (Lipinski definition) is 1. The Bertz CT molecular complexity index is 1610. The number of aromatic nitrogens is 1. The minimum absolute atomic E-state index is 0.109. The van der Waals surface area contributed by atoms with E-state index in [1.54, 1.807) is 30.5 Å². The minimum Gasteiger partial charge on any atom is -0.318 e. The van der Waals surface area contributed by atoms with Gasteiger partial charge in [0.25, 0.3) is 15.9 Å². The lowest BCUT2D eigenvalue weighted by atomic mass is 10.1. The van der Waals surface area contributed by atoms with Gasteiger partial charge in [0.2, 0.25) is 0 Å². The Balaban J connectivity index is 1.58. The summed E-state index contributed by atoms with van der Waals surface area (Å²) in [6.07, 6.45) is 1.57. The molecule has 0 radical (unpaired) electrons. The van der Waals surface area contributed by atoms with E-state index in [-0.39, 0.29) is 4.90 Å². The van der Waals surface area contributed by atoms with Gasteiger partial charge in [-0.2, -0.15) is 5.10 Å². The van der Waals surface area contributed by atoms with Gasteiger partial charge in [0.05, 0.1) is 16.8 Å². The highest BCUT2D eigenvalue weighted by Crippen LogP contribution is 2.28. The molecule has 1 amide bonds. The smallest absolute Gasteiger partial charge is 0.264 e. The van der Waals surface area contributed by atoms with Crippen LogP contribution in [0.5, 0.6) is 0 Å². The number of carbonyl (C=O) groups excluding carboxylic acids is 1. The Morgan fingerprint density at radius 2 is 1.71 bits per heavy atom. The van der Waals surface area contributed by atoms with Crippen LogP contribution in [0.25, 0.3) is 5.69 Å². The monoisotopic (exact) mass is 592 g/mol. The number of aryl methyl sites for hydroxylation is 3. The molecule has 0 atom stereocenters. The van der Waals surface area contributed by atoms with Gasteiger partial charge in [-0.05, 0) is 81.3 Å². The normalized spacial score (nSPS) is 11.6. The number of rotatable bonds is 8. The predicted octanol–water partition coefficient (Wildman–Crippen LogP) is 5.82. The molecule has 7 nitrogen and oxygen atoms in total. The van der Waals surface area contributed by atoms with Crippen LogP contribution in [0.1, 0.15) is 28.1 Å². The number of amides is 1. The van der Waals surface area contributed by atoms with E-state index in [1.165, 1.54) is 12.1 Å². The van der Waals surface area contributed by atoms with Crippen LogP contribution in [0.3, 0.4) is 0 Å². The van der Waals surface area contributed by atoms with E-state index >= 15 is 0 Å². The third-order valence-corrected chi connectivity index (χ3v) is 8.45. The molecule has 0 aliphatic rings. The van der Waals surface area contributed by atoms with Gasteiger partial charge in [-0.25, -0.2) is 13.8 Å². The van der Waals surface area contributed by atoms with Crippen molar-refractivity contribution in [2.24, 2.45) is 5.10 Å². The number of hydrogen-bond acceptors (Lipinski definition) is 4.